The van der Waals surface area contributed by atoms with Gasteiger partial charge in [-0.2, -0.15) is 0 Å². The average molecular weight is 690 g/mol. The molecule has 0 aliphatic carbocycles. The summed E-state index contributed by atoms with van der Waals surface area (Å²) >= 11 is 0. The number of hydrogen-bond acceptors (Lipinski definition) is 3. The molecule has 0 atom stereocenters. The summed E-state index contributed by atoms with van der Waals surface area (Å²) < 4.78 is 8.55. The Labute approximate surface area is 311 Å². The van der Waals surface area contributed by atoms with E-state index in [1.165, 1.54) is 11.1 Å². The lowest BCUT2D eigenvalue weighted by Gasteiger charge is -2.14. The first kappa shape index (κ1) is 30.3. The second-order valence-corrected chi connectivity index (χ2v) is 13.7. The van der Waals surface area contributed by atoms with Crippen LogP contribution in [0.4, 0.5) is 0 Å². The maximum absolute atomic E-state index is 6.28. The van der Waals surface area contributed by atoms with Gasteiger partial charge in [-0.1, -0.05) is 152 Å². The smallest absolute Gasteiger partial charge is 0.235 e. The molecule has 4 nitrogen and oxygen atoms in total. The number of fused-ring (bicyclic) bond motifs is 7. The number of aromatic nitrogens is 3. The minimum absolute atomic E-state index is 0.637. The van der Waals surface area contributed by atoms with Crippen molar-refractivity contribution >= 4 is 54.6 Å². The first-order chi connectivity index (χ1) is 26.8. The Morgan fingerprint density at radius 2 is 1.02 bits per heavy atom. The Kier molecular flexibility index (Phi) is 6.82. The van der Waals surface area contributed by atoms with E-state index >= 15 is 0 Å². The standard InChI is InChI=1S/C50H31N3O/c1-3-14-32(15-4-1)34-28-29-44-42(31-34)39-24-12-23-38(36-19-11-18-35(30-36)37-22-13-27-46-47(37)41-21-8-10-26-45(41)54-46)49(39)53(44)50-51-43-25-9-7-20-40(43)48(52-50)33-16-5-2-6-17-33/h1-31H. The van der Waals surface area contributed by atoms with E-state index in [-0.39, 0.29) is 0 Å². The van der Waals surface area contributed by atoms with Crippen molar-refractivity contribution in [3.8, 4) is 50.6 Å². The lowest BCUT2D eigenvalue weighted by Crippen LogP contribution is -2.04. The van der Waals surface area contributed by atoms with Crippen LogP contribution in [0.1, 0.15) is 0 Å². The SMILES string of the molecule is c1ccc(-c2ccc3c(c2)c2cccc(-c4cccc(-c5cccc6oc7ccccc7c56)c4)c2n3-c2nc(-c3ccccc3)c3ccccc3n2)cc1. The van der Waals surface area contributed by atoms with Gasteiger partial charge in [-0.3, -0.25) is 4.57 Å². The van der Waals surface area contributed by atoms with Gasteiger partial charge < -0.3 is 4.42 Å². The minimum atomic E-state index is 0.637. The maximum Gasteiger partial charge on any atom is 0.235 e. The highest BCUT2D eigenvalue weighted by molar-refractivity contribution is 6.15. The van der Waals surface area contributed by atoms with Gasteiger partial charge in [0.05, 0.1) is 22.2 Å². The molecule has 8 aromatic carbocycles. The molecule has 0 aliphatic rings. The van der Waals surface area contributed by atoms with Gasteiger partial charge in [-0.15, -0.1) is 0 Å². The van der Waals surface area contributed by atoms with Crippen LogP contribution in [0.25, 0.3) is 105 Å². The van der Waals surface area contributed by atoms with E-state index in [0.717, 1.165) is 88.2 Å². The van der Waals surface area contributed by atoms with Gasteiger partial charge in [-0.25, -0.2) is 9.97 Å². The number of para-hydroxylation sites is 3. The third-order valence-corrected chi connectivity index (χ3v) is 10.6. The molecule has 0 N–H and O–H groups in total. The summed E-state index contributed by atoms with van der Waals surface area (Å²) in [5, 5.41) is 5.56. The Balaban J connectivity index is 1.20. The van der Waals surface area contributed by atoms with E-state index in [1.54, 1.807) is 0 Å². The van der Waals surface area contributed by atoms with Gasteiger partial charge >= 0.3 is 0 Å². The Bertz CT molecular complexity index is 3210. The highest BCUT2D eigenvalue weighted by Gasteiger charge is 2.21. The van der Waals surface area contributed by atoms with Gasteiger partial charge in [0, 0.05) is 38.1 Å². The molecule has 54 heavy (non-hydrogen) atoms. The molecule has 0 spiro atoms. The molecule has 11 aromatic rings. The summed E-state index contributed by atoms with van der Waals surface area (Å²) in [5.74, 6) is 0.637. The van der Waals surface area contributed by atoms with Crippen LogP contribution >= 0.6 is 0 Å². The molecule has 252 valence electrons. The summed E-state index contributed by atoms with van der Waals surface area (Å²) in [6.45, 7) is 0. The zero-order valence-corrected chi connectivity index (χ0v) is 29.1. The van der Waals surface area contributed by atoms with Crippen molar-refractivity contribution in [2.45, 2.75) is 0 Å². The van der Waals surface area contributed by atoms with Crippen molar-refractivity contribution < 1.29 is 4.42 Å². The fourth-order valence-electron chi connectivity index (χ4n) is 8.17. The zero-order chi connectivity index (χ0) is 35.6. The molecule has 0 saturated heterocycles. The van der Waals surface area contributed by atoms with E-state index in [0.29, 0.717) is 5.95 Å². The number of rotatable bonds is 5. The molecule has 3 aromatic heterocycles. The first-order valence-corrected chi connectivity index (χ1v) is 18.2. The second-order valence-electron chi connectivity index (χ2n) is 13.7. The number of benzene rings is 8. The van der Waals surface area contributed by atoms with Crippen LogP contribution in [0.5, 0.6) is 0 Å². The van der Waals surface area contributed by atoms with Crippen molar-refractivity contribution in [2.24, 2.45) is 0 Å². The molecule has 3 heterocycles. The maximum atomic E-state index is 6.28. The summed E-state index contributed by atoms with van der Waals surface area (Å²) in [7, 11) is 0. The van der Waals surface area contributed by atoms with Crippen molar-refractivity contribution in [2.75, 3.05) is 0 Å². The minimum Gasteiger partial charge on any atom is -0.456 e. The average Bonchev–Trinajstić information content (AvgIpc) is 3.80. The van der Waals surface area contributed by atoms with Crippen LogP contribution in [0.2, 0.25) is 0 Å². The highest BCUT2D eigenvalue weighted by Crippen LogP contribution is 2.42. The molecule has 0 radical (unpaired) electrons. The summed E-state index contributed by atoms with van der Waals surface area (Å²) in [5.41, 5.74) is 13.6. The largest absolute Gasteiger partial charge is 0.456 e. The van der Waals surface area contributed by atoms with Gasteiger partial charge in [0.25, 0.3) is 0 Å². The third kappa shape index (κ3) is 4.78. The number of furan rings is 1. The van der Waals surface area contributed by atoms with E-state index < -0.39 is 0 Å². The molecule has 0 saturated carbocycles. The van der Waals surface area contributed by atoms with Crippen LogP contribution in [0, 0.1) is 0 Å². The Hall–Kier alpha value is -7.30. The van der Waals surface area contributed by atoms with Gasteiger partial charge in [-0.05, 0) is 64.2 Å². The summed E-state index contributed by atoms with van der Waals surface area (Å²) in [6, 6.07) is 66.1. The van der Waals surface area contributed by atoms with E-state index in [1.807, 2.05) is 24.3 Å². The second kappa shape index (κ2) is 12.1. The molecular formula is C50H31N3O. The normalized spacial score (nSPS) is 11.7. The Morgan fingerprint density at radius 3 is 1.87 bits per heavy atom. The fraction of sp³-hybridized carbons (Fsp3) is 0. The topological polar surface area (TPSA) is 43.9 Å². The molecule has 4 heteroatoms. The zero-order valence-electron chi connectivity index (χ0n) is 29.1. The van der Waals surface area contributed by atoms with Crippen molar-refractivity contribution in [1.82, 2.24) is 14.5 Å². The van der Waals surface area contributed by atoms with Gasteiger partial charge in [0.15, 0.2) is 0 Å². The van der Waals surface area contributed by atoms with E-state index in [9.17, 15) is 0 Å². The fourth-order valence-corrected chi connectivity index (χ4v) is 8.17. The van der Waals surface area contributed by atoms with Crippen molar-refractivity contribution in [3.05, 3.63) is 188 Å². The van der Waals surface area contributed by atoms with E-state index in [2.05, 4.69) is 168 Å². The first-order valence-electron chi connectivity index (χ1n) is 18.2. The molecule has 0 amide bonds. The van der Waals surface area contributed by atoms with Gasteiger partial charge in [0.1, 0.15) is 11.2 Å². The molecule has 0 bridgehead atoms. The van der Waals surface area contributed by atoms with Gasteiger partial charge in [0.2, 0.25) is 5.95 Å². The quantitative estimate of drug-likeness (QED) is 0.181. The molecule has 0 fully saturated rings. The van der Waals surface area contributed by atoms with Crippen LogP contribution in [-0.4, -0.2) is 14.5 Å². The van der Waals surface area contributed by atoms with Crippen LogP contribution in [0.3, 0.4) is 0 Å². The predicted octanol–water partition coefficient (Wildman–Crippen LogP) is 13.3. The van der Waals surface area contributed by atoms with Crippen molar-refractivity contribution in [1.29, 1.82) is 0 Å². The van der Waals surface area contributed by atoms with Crippen LogP contribution < -0.4 is 0 Å². The monoisotopic (exact) mass is 689 g/mol. The van der Waals surface area contributed by atoms with Crippen LogP contribution in [-0.2, 0) is 0 Å². The number of hydrogen-bond donors (Lipinski definition) is 0. The lowest BCUT2D eigenvalue weighted by atomic mass is 9.95. The third-order valence-electron chi connectivity index (χ3n) is 10.6. The molecule has 0 aliphatic heterocycles. The number of nitrogens with zero attached hydrogens (tertiary/aromatic N) is 3. The highest BCUT2D eigenvalue weighted by atomic mass is 16.3. The van der Waals surface area contributed by atoms with Crippen molar-refractivity contribution in [3.63, 3.8) is 0 Å². The summed E-state index contributed by atoms with van der Waals surface area (Å²) in [4.78, 5) is 10.7. The predicted molar refractivity (Wildman–Crippen MR) is 223 cm³/mol. The lowest BCUT2D eigenvalue weighted by molar-refractivity contribution is 0.669. The molecule has 0 unspecified atom stereocenters. The molecular weight excluding hydrogens is 659 g/mol. The van der Waals surface area contributed by atoms with Crippen LogP contribution in [0.15, 0.2) is 192 Å². The summed E-state index contributed by atoms with van der Waals surface area (Å²) in [6.07, 6.45) is 0. The molecule has 11 rings (SSSR count). The van der Waals surface area contributed by atoms with E-state index in [4.69, 9.17) is 14.4 Å². The Morgan fingerprint density at radius 1 is 0.389 bits per heavy atom.